The second kappa shape index (κ2) is 9.60. The van der Waals surface area contributed by atoms with Crippen molar-refractivity contribution >= 4 is 22.6 Å². The molecule has 150 valence electrons. The first-order chi connectivity index (χ1) is 14.3. The van der Waals surface area contributed by atoms with Crippen LogP contribution in [0.3, 0.4) is 0 Å². The highest BCUT2D eigenvalue weighted by atomic mass is 32.1. The topological polar surface area (TPSA) is 71.0 Å². The molecule has 7 heteroatoms. The van der Waals surface area contributed by atoms with Crippen LogP contribution in [-0.2, 0) is 17.6 Å². The maximum absolute atomic E-state index is 12.5. The first kappa shape index (κ1) is 19.5. The summed E-state index contributed by atoms with van der Waals surface area (Å²) in [6.07, 6.45) is 5.00. The van der Waals surface area contributed by atoms with Gasteiger partial charge in [-0.3, -0.25) is 9.78 Å². The zero-order valence-electron chi connectivity index (χ0n) is 16.3. The number of rotatable bonds is 7. The fourth-order valence-electron chi connectivity index (χ4n) is 3.56. The quantitative estimate of drug-likeness (QED) is 0.652. The standard InChI is InChI=1S/C22H25N5OS/c28-21(24-13-9-19-8-4-5-12-23-19)18-10-14-27(15-11-18)22-25-20(26-29-22)16-17-6-2-1-3-7-17/h1-8,12,18H,9-11,13-16H2,(H,24,28). The molecule has 1 saturated heterocycles. The number of amides is 1. The summed E-state index contributed by atoms with van der Waals surface area (Å²) in [5.74, 6) is 1.10. The van der Waals surface area contributed by atoms with Crippen LogP contribution in [0.5, 0.6) is 0 Å². The molecule has 0 radical (unpaired) electrons. The van der Waals surface area contributed by atoms with Crippen molar-refractivity contribution in [3.8, 4) is 0 Å². The Morgan fingerprint density at radius 2 is 1.90 bits per heavy atom. The molecule has 29 heavy (non-hydrogen) atoms. The van der Waals surface area contributed by atoms with Crippen molar-refractivity contribution in [3.63, 3.8) is 0 Å². The molecule has 2 aromatic heterocycles. The molecule has 3 aromatic rings. The molecule has 1 amide bonds. The van der Waals surface area contributed by atoms with E-state index >= 15 is 0 Å². The van der Waals surface area contributed by atoms with E-state index in [1.807, 2.05) is 36.4 Å². The largest absolute Gasteiger partial charge is 0.355 e. The van der Waals surface area contributed by atoms with E-state index in [2.05, 4.69) is 31.7 Å². The normalized spacial score (nSPS) is 14.7. The van der Waals surface area contributed by atoms with Crippen molar-refractivity contribution in [2.24, 2.45) is 5.92 Å². The number of nitrogens with one attached hydrogen (secondary N) is 1. The highest BCUT2D eigenvalue weighted by Gasteiger charge is 2.26. The molecule has 1 aliphatic rings. The molecule has 6 nitrogen and oxygen atoms in total. The Kier molecular flexibility index (Phi) is 6.46. The van der Waals surface area contributed by atoms with Gasteiger partial charge in [-0.2, -0.15) is 4.37 Å². The van der Waals surface area contributed by atoms with Crippen molar-refractivity contribution in [1.29, 1.82) is 0 Å². The molecule has 1 aliphatic heterocycles. The number of hydrogen-bond acceptors (Lipinski definition) is 6. The van der Waals surface area contributed by atoms with Crippen LogP contribution in [0.15, 0.2) is 54.7 Å². The van der Waals surface area contributed by atoms with Gasteiger partial charge in [-0.1, -0.05) is 36.4 Å². The highest BCUT2D eigenvalue weighted by Crippen LogP contribution is 2.25. The fourth-order valence-corrected chi connectivity index (χ4v) is 4.30. The number of pyridine rings is 1. The Morgan fingerprint density at radius 3 is 2.66 bits per heavy atom. The van der Waals surface area contributed by atoms with Gasteiger partial charge in [0.25, 0.3) is 0 Å². The Balaban J connectivity index is 1.22. The van der Waals surface area contributed by atoms with E-state index in [0.29, 0.717) is 6.54 Å². The lowest BCUT2D eigenvalue weighted by Gasteiger charge is -2.30. The van der Waals surface area contributed by atoms with Crippen LogP contribution in [0.25, 0.3) is 0 Å². The Hall–Kier alpha value is -2.80. The third kappa shape index (κ3) is 5.38. The van der Waals surface area contributed by atoms with Crippen LogP contribution in [0.1, 0.15) is 29.9 Å². The average molecular weight is 408 g/mol. The summed E-state index contributed by atoms with van der Waals surface area (Å²) in [6, 6.07) is 16.1. The maximum Gasteiger partial charge on any atom is 0.223 e. The van der Waals surface area contributed by atoms with Crippen LogP contribution in [0.2, 0.25) is 0 Å². The molecule has 1 fully saturated rings. The van der Waals surface area contributed by atoms with Crippen molar-refractivity contribution in [3.05, 3.63) is 71.8 Å². The van der Waals surface area contributed by atoms with Gasteiger partial charge in [-0.15, -0.1) is 0 Å². The van der Waals surface area contributed by atoms with Gasteiger partial charge < -0.3 is 10.2 Å². The number of carbonyl (C=O) groups excluding carboxylic acids is 1. The predicted molar refractivity (Wildman–Crippen MR) is 115 cm³/mol. The summed E-state index contributed by atoms with van der Waals surface area (Å²) >= 11 is 1.45. The van der Waals surface area contributed by atoms with E-state index in [9.17, 15) is 4.79 Å². The molecule has 4 rings (SSSR count). The van der Waals surface area contributed by atoms with Crippen molar-refractivity contribution in [1.82, 2.24) is 19.7 Å². The first-order valence-corrected chi connectivity index (χ1v) is 10.8. The average Bonchev–Trinajstić information content (AvgIpc) is 3.24. The van der Waals surface area contributed by atoms with E-state index in [4.69, 9.17) is 4.98 Å². The van der Waals surface area contributed by atoms with Crippen LogP contribution in [0, 0.1) is 5.92 Å². The third-order valence-electron chi connectivity index (χ3n) is 5.21. The van der Waals surface area contributed by atoms with Gasteiger partial charge in [0, 0.05) is 61.8 Å². The number of benzene rings is 1. The zero-order chi connectivity index (χ0) is 19.9. The molecule has 0 atom stereocenters. The lowest BCUT2D eigenvalue weighted by Crippen LogP contribution is -2.41. The minimum absolute atomic E-state index is 0.0756. The number of hydrogen-bond donors (Lipinski definition) is 1. The second-order valence-corrected chi connectivity index (χ2v) is 8.01. The van der Waals surface area contributed by atoms with Gasteiger partial charge in [0.2, 0.25) is 11.0 Å². The Labute approximate surface area is 175 Å². The van der Waals surface area contributed by atoms with Crippen molar-refractivity contribution in [2.45, 2.75) is 25.7 Å². The number of aromatic nitrogens is 3. The molecule has 1 N–H and O–H groups in total. The van der Waals surface area contributed by atoms with Gasteiger partial charge in [0.1, 0.15) is 5.82 Å². The first-order valence-electron chi connectivity index (χ1n) is 10.1. The molecule has 0 saturated carbocycles. The third-order valence-corrected chi connectivity index (χ3v) is 6.02. The van der Waals surface area contributed by atoms with Gasteiger partial charge in [-0.25, -0.2) is 4.98 Å². The summed E-state index contributed by atoms with van der Waals surface area (Å²) in [6.45, 7) is 2.33. The molecule has 0 unspecified atom stereocenters. The summed E-state index contributed by atoms with van der Waals surface area (Å²) in [5.41, 5.74) is 2.23. The van der Waals surface area contributed by atoms with Crippen molar-refractivity contribution in [2.75, 3.05) is 24.5 Å². The number of anilines is 1. The Morgan fingerprint density at radius 1 is 1.10 bits per heavy atom. The summed E-state index contributed by atoms with van der Waals surface area (Å²) < 4.78 is 4.51. The van der Waals surface area contributed by atoms with E-state index in [1.54, 1.807) is 6.20 Å². The lowest BCUT2D eigenvalue weighted by atomic mass is 9.96. The number of carbonyl (C=O) groups is 1. The lowest BCUT2D eigenvalue weighted by molar-refractivity contribution is -0.125. The predicted octanol–water partition coefficient (Wildman–Crippen LogP) is 3.10. The van der Waals surface area contributed by atoms with Crippen LogP contribution in [-0.4, -0.2) is 39.9 Å². The van der Waals surface area contributed by atoms with E-state index < -0.39 is 0 Å². The number of nitrogens with zero attached hydrogens (tertiary/aromatic N) is 4. The van der Waals surface area contributed by atoms with E-state index in [1.165, 1.54) is 17.1 Å². The second-order valence-electron chi connectivity index (χ2n) is 7.28. The molecular weight excluding hydrogens is 382 g/mol. The van der Waals surface area contributed by atoms with Gasteiger partial charge in [0.05, 0.1) is 0 Å². The summed E-state index contributed by atoms with van der Waals surface area (Å²) in [5, 5.41) is 4.03. The van der Waals surface area contributed by atoms with Crippen molar-refractivity contribution < 1.29 is 4.79 Å². The smallest absolute Gasteiger partial charge is 0.223 e. The monoisotopic (exact) mass is 407 g/mol. The zero-order valence-corrected chi connectivity index (χ0v) is 17.1. The molecule has 0 spiro atoms. The maximum atomic E-state index is 12.5. The van der Waals surface area contributed by atoms with E-state index in [0.717, 1.165) is 55.4 Å². The van der Waals surface area contributed by atoms with Crippen LogP contribution < -0.4 is 10.2 Å². The van der Waals surface area contributed by atoms with Gasteiger partial charge in [0.15, 0.2) is 0 Å². The SMILES string of the molecule is O=C(NCCc1ccccn1)C1CCN(c2nc(Cc3ccccc3)ns2)CC1. The van der Waals surface area contributed by atoms with Gasteiger partial charge >= 0.3 is 0 Å². The minimum atomic E-state index is 0.0756. The molecule has 3 heterocycles. The summed E-state index contributed by atoms with van der Waals surface area (Å²) in [7, 11) is 0. The fraction of sp³-hybridized carbons (Fsp3) is 0.364. The van der Waals surface area contributed by atoms with Crippen LogP contribution in [0.4, 0.5) is 5.13 Å². The van der Waals surface area contributed by atoms with Gasteiger partial charge in [-0.05, 0) is 30.5 Å². The molecule has 0 bridgehead atoms. The van der Waals surface area contributed by atoms with E-state index in [-0.39, 0.29) is 11.8 Å². The summed E-state index contributed by atoms with van der Waals surface area (Å²) in [4.78, 5) is 23.7. The molecular formula is C22H25N5OS. The number of piperidine rings is 1. The minimum Gasteiger partial charge on any atom is -0.355 e. The highest BCUT2D eigenvalue weighted by molar-refractivity contribution is 7.09. The molecule has 0 aliphatic carbocycles. The molecule has 1 aromatic carbocycles. The Bertz CT molecular complexity index is 907. The van der Waals surface area contributed by atoms with Crippen LogP contribution >= 0.6 is 11.5 Å².